The van der Waals surface area contributed by atoms with E-state index in [1.807, 2.05) is 6.92 Å². The molecule has 0 saturated heterocycles. The molecule has 0 amide bonds. The zero-order valence-electron chi connectivity index (χ0n) is 9.58. The van der Waals surface area contributed by atoms with Gasteiger partial charge in [-0.25, -0.2) is 9.78 Å². The van der Waals surface area contributed by atoms with E-state index in [1.54, 1.807) is 24.3 Å². The van der Waals surface area contributed by atoms with Crippen molar-refractivity contribution in [3.05, 3.63) is 29.1 Å². The van der Waals surface area contributed by atoms with Crippen molar-refractivity contribution in [2.45, 2.75) is 6.92 Å². The number of thiazole rings is 1. The summed E-state index contributed by atoms with van der Waals surface area (Å²) in [6.07, 6.45) is 0. The average molecular weight is 265 g/mol. The van der Waals surface area contributed by atoms with Gasteiger partial charge in [0.05, 0.1) is 6.61 Å². The zero-order chi connectivity index (χ0) is 13.1. The highest BCUT2D eigenvalue weighted by atomic mass is 32.1. The number of carboxylic acids is 1. The Labute approximate surface area is 107 Å². The highest BCUT2D eigenvalue weighted by Crippen LogP contribution is 2.32. The molecule has 94 valence electrons. The van der Waals surface area contributed by atoms with E-state index in [4.69, 9.17) is 9.84 Å². The van der Waals surface area contributed by atoms with Crippen LogP contribution in [0.15, 0.2) is 24.3 Å². The molecule has 2 N–H and O–H groups in total. The SMILES string of the molecule is CCOc1ccc(-c2nc(O)c(C(=O)O)s2)cc1. The lowest BCUT2D eigenvalue weighted by molar-refractivity contribution is 0.0699. The molecule has 0 aliphatic carbocycles. The maximum Gasteiger partial charge on any atom is 0.351 e. The Morgan fingerprint density at radius 2 is 2.06 bits per heavy atom. The number of hydrogen-bond acceptors (Lipinski definition) is 5. The van der Waals surface area contributed by atoms with E-state index in [0.29, 0.717) is 11.6 Å². The molecule has 0 aliphatic rings. The van der Waals surface area contributed by atoms with Gasteiger partial charge in [0.25, 0.3) is 0 Å². The second-order valence-electron chi connectivity index (χ2n) is 3.43. The third-order valence-electron chi connectivity index (χ3n) is 2.22. The van der Waals surface area contributed by atoms with E-state index < -0.39 is 11.8 Å². The van der Waals surface area contributed by atoms with Gasteiger partial charge in [0.15, 0.2) is 4.88 Å². The molecule has 2 aromatic rings. The Kier molecular flexibility index (Phi) is 3.47. The molecule has 18 heavy (non-hydrogen) atoms. The molecule has 0 fully saturated rings. The van der Waals surface area contributed by atoms with E-state index in [2.05, 4.69) is 4.98 Å². The van der Waals surface area contributed by atoms with Gasteiger partial charge in [-0.2, -0.15) is 0 Å². The maximum atomic E-state index is 10.8. The zero-order valence-corrected chi connectivity index (χ0v) is 10.4. The van der Waals surface area contributed by atoms with Crippen LogP contribution in [0.2, 0.25) is 0 Å². The molecule has 6 heteroatoms. The van der Waals surface area contributed by atoms with Crippen LogP contribution in [0.4, 0.5) is 0 Å². The van der Waals surface area contributed by atoms with Crippen molar-refractivity contribution >= 4 is 17.3 Å². The molecular formula is C12H11NO4S. The topological polar surface area (TPSA) is 79.7 Å². The minimum absolute atomic E-state index is 0.154. The first-order valence-corrected chi connectivity index (χ1v) is 6.09. The molecular weight excluding hydrogens is 254 g/mol. The normalized spacial score (nSPS) is 10.3. The summed E-state index contributed by atoms with van der Waals surface area (Å²) in [6.45, 7) is 2.48. The number of carbonyl (C=O) groups is 1. The van der Waals surface area contributed by atoms with E-state index in [-0.39, 0.29) is 4.88 Å². The lowest BCUT2D eigenvalue weighted by atomic mass is 10.2. The second kappa shape index (κ2) is 5.05. The van der Waals surface area contributed by atoms with Crippen molar-refractivity contribution in [3.8, 4) is 22.2 Å². The summed E-state index contributed by atoms with van der Waals surface area (Å²) in [5.41, 5.74) is 0.742. The quantitative estimate of drug-likeness (QED) is 0.888. The molecule has 0 unspecified atom stereocenters. The number of aromatic carboxylic acids is 1. The number of aromatic nitrogens is 1. The van der Waals surface area contributed by atoms with Crippen molar-refractivity contribution in [1.82, 2.24) is 4.98 Å². The Balaban J connectivity index is 2.31. The van der Waals surface area contributed by atoms with Crippen LogP contribution in [0.5, 0.6) is 11.6 Å². The third kappa shape index (κ3) is 2.43. The predicted octanol–water partition coefficient (Wildman–Crippen LogP) is 2.61. The standard InChI is InChI=1S/C12H11NO4S/c1-2-17-8-5-3-7(4-6-8)11-13-10(14)9(18-11)12(15)16/h3-6,14H,2H2,1H3,(H,15,16). The molecule has 2 rings (SSSR count). The summed E-state index contributed by atoms with van der Waals surface area (Å²) in [5, 5.41) is 18.7. The van der Waals surface area contributed by atoms with Crippen LogP contribution in [0, 0.1) is 0 Å². The van der Waals surface area contributed by atoms with Gasteiger partial charge in [-0.1, -0.05) is 0 Å². The molecule has 0 saturated carbocycles. The Hall–Kier alpha value is -2.08. The largest absolute Gasteiger partial charge is 0.494 e. The van der Waals surface area contributed by atoms with Crippen LogP contribution in [0.1, 0.15) is 16.6 Å². The summed E-state index contributed by atoms with van der Waals surface area (Å²) >= 11 is 0.938. The molecule has 5 nitrogen and oxygen atoms in total. The molecule has 1 heterocycles. The molecule has 0 spiro atoms. The fraction of sp³-hybridized carbons (Fsp3) is 0.167. The van der Waals surface area contributed by atoms with Crippen LogP contribution in [-0.2, 0) is 0 Å². The lowest BCUT2D eigenvalue weighted by Gasteiger charge is -2.02. The van der Waals surface area contributed by atoms with E-state index >= 15 is 0 Å². The smallest absolute Gasteiger partial charge is 0.351 e. The summed E-state index contributed by atoms with van der Waals surface area (Å²) in [7, 11) is 0. The molecule has 1 aromatic heterocycles. The number of nitrogens with zero attached hydrogens (tertiary/aromatic N) is 1. The summed E-state index contributed by atoms with van der Waals surface area (Å²) in [5.74, 6) is -0.890. The maximum absolute atomic E-state index is 10.8. The molecule has 0 atom stereocenters. The molecule has 0 bridgehead atoms. The first-order chi connectivity index (χ1) is 8.61. The van der Waals surface area contributed by atoms with Crippen LogP contribution in [0.25, 0.3) is 10.6 Å². The van der Waals surface area contributed by atoms with Gasteiger partial charge in [-0.05, 0) is 31.2 Å². The number of hydrogen-bond donors (Lipinski definition) is 2. The third-order valence-corrected chi connectivity index (χ3v) is 3.30. The van der Waals surface area contributed by atoms with Crippen LogP contribution in [-0.4, -0.2) is 27.8 Å². The van der Waals surface area contributed by atoms with Gasteiger partial charge >= 0.3 is 5.97 Å². The van der Waals surface area contributed by atoms with Crippen molar-refractivity contribution < 1.29 is 19.7 Å². The van der Waals surface area contributed by atoms with Gasteiger partial charge in [0.2, 0.25) is 5.88 Å². The molecule has 0 aliphatic heterocycles. The minimum atomic E-state index is -1.18. The van der Waals surface area contributed by atoms with Crippen molar-refractivity contribution in [1.29, 1.82) is 0 Å². The van der Waals surface area contributed by atoms with E-state index in [0.717, 1.165) is 22.6 Å². The molecule has 0 radical (unpaired) electrons. The van der Waals surface area contributed by atoms with Crippen molar-refractivity contribution in [2.24, 2.45) is 0 Å². The highest BCUT2D eigenvalue weighted by Gasteiger charge is 2.17. The lowest BCUT2D eigenvalue weighted by Crippen LogP contribution is -1.91. The summed E-state index contributed by atoms with van der Waals surface area (Å²) in [6, 6.07) is 7.10. The van der Waals surface area contributed by atoms with Gasteiger partial charge in [-0.3, -0.25) is 0 Å². The number of carboxylic acid groups (broad SMARTS) is 1. The first-order valence-electron chi connectivity index (χ1n) is 5.28. The van der Waals surface area contributed by atoms with Crippen LogP contribution in [0.3, 0.4) is 0 Å². The Morgan fingerprint density at radius 1 is 1.39 bits per heavy atom. The number of aromatic hydroxyl groups is 1. The number of benzene rings is 1. The van der Waals surface area contributed by atoms with Crippen LogP contribution >= 0.6 is 11.3 Å². The highest BCUT2D eigenvalue weighted by molar-refractivity contribution is 7.17. The minimum Gasteiger partial charge on any atom is -0.494 e. The van der Waals surface area contributed by atoms with Gasteiger partial charge in [0, 0.05) is 5.56 Å². The predicted molar refractivity (Wildman–Crippen MR) is 67.3 cm³/mol. The molecule has 1 aromatic carbocycles. The van der Waals surface area contributed by atoms with Gasteiger partial charge in [-0.15, -0.1) is 11.3 Å². The van der Waals surface area contributed by atoms with Crippen molar-refractivity contribution in [3.63, 3.8) is 0 Å². The van der Waals surface area contributed by atoms with Gasteiger partial charge in [0.1, 0.15) is 10.8 Å². The van der Waals surface area contributed by atoms with E-state index in [9.17, 15) is 9.90 Å². The second-order valence-corrected chi connectivity index (χ2v) is 4.43. The van der Waals surface area contributed by atoms with E-state index in [1.165, 1.54) is 0 Å². The number of ether oxygens (including phenoxy) is 1. The summed E-state index contributed by atoms with van der Waals surface area (Å²) in [4.78, 5) is 14.5. The first kappa shape index (κ1) is 12.4. The monoisotopic (exact) mass is 265 g/mol. The number of rotatable bonds is 4. The summed E-state index contributed by atoms with van der Waals surface area (Å²) < 4.78 is 5.30. The average Bonchev–Trinajstić information content (AvgIpc) is 2.73. The Morgan fingerprint density at radius 3 is 2.56 bits per heavy atom. The van der Waals surface area contributed by atoms with Crippen molar-refractivity contribution in [2.75, 3.05) is 6.61 Å². The fourth-order valence-corrected chi connectivity index (χ4v) is 2.24. The van der Waals surface area contributed by atoms with Gasteiger partial charge < -0.3 is 14.9 Å². The Bertz CT molecular complexity index is 562. The fourth-order valence-electron chi connectivity index (χ4n) is 1.44. The van der Waals surface area contributed by atoms with Crippen LogP contribution < -0.4 is 4.74 Å².